The van der Waals surface area contributed by atoms with Gasteiger partial charge in [0.15, 0.2) is 0 Å². The van der Waals surface area contributed by atoms with Crippen LogP contribution in [0.1, 0.15) is 10.4 Å². The highest BCUT2D eigenvalue weighted by Gasteiger charge is 2.19. The maximum absolute atomic E-state index is 13.0. The van der Waals surface area contributed by atoms with Crippen LogP contribution in [0.15, 0.2) is 66.7 Å². The molecule has 37 heavy (non-hydrogen) atoms. The summed E-state index contributed by atoms with van der Waals surface area (Å²) in [5.74, 6) is -0.00160. The van der Waals surface area contributed by atoms with Crippen molar-refractivity contribution in [2.75, 3.05) is 40.4 Å². The molecule has 4 N–H and O–H groups in total. The number of esters is 1. The van der Waals surface area contributed by atoms with Crippen LogP contribution >= 0.6 is 23.2 Å². The number of aromatic nitrogens is 1. The minimum Gasteiger partial charge on any atom is -0.373 e. The van der Waals surface area contributed by atoms with Gasteiger partial charge in [-0.2, -0.15) is 0 Å². The number of halogens is 2. The summed E-state index contributed by atoms with van der Waals surface area (Å²) < 4.78 is 4.56. The Hall–Kier alpha value is -4.08. The molecule has 3 aromatic carbocycles. The summed E-state index contributed by atoms with van der Waals surface area (Å²) >= 11 is 11.8. The number of amides is 3. The number of pyridine rings is 1. The van der Waals surface area contributed by atoms with Gasteiger partial charge in [0, 0.05) is 47.0 Å². The fourth-order valence-corrected chi connectivity index (χ4v) is 4.37. The number of nitrogens with zero attached hydrogens (tertiary/aromatic N) is 2. The predicted molar refractivity (Wildman–Crippen MR) is 147 cm³/mol. The molecule has 0 bridgehead atoms. The highest BCUT2D eigenvalue weighted by Crippen LogP contribution is 2.33. The van der Waals surface area contributed by atoms with Gasteiger partial charge in [0.25, 0.3) is 0 Å². The number of hydrogen-bond acceptors (Lipinski definition) is 6. The molecule has 3 amide bonds. The van der Waals surface area contributed by atoms with Crippen LogP contribution in [0.5, 0.6) is 0 Å². The van der Waals surface area contributed by atoms with Gasteiger partial charge in [-0.1, -0.05) is 30.3 Å². The number of nitrogens with two attached hydrogens (primary N) is 1. The maximum Gasteiger partial charge on any atom is 0.412 e. The molecule has 11 heteroatoms. The number of ether oxygens (including phenoxy) is 1. The van der Waals surface area contributed by atoms with Crippen LogP contribution < -0.4 is 21.3 Å². The maximum atomic E-state index is 13.0. The first kappa shape index (κ1) is 26.0. The second kappa shape index (κ2) is 11.8. The topological polar surface area (TPSA) is 127 Å². The predicted octanol–water partition coefficient (Wildman–Crippen LogP) is 5.55. The number of urea groups is 1. The lowest BCUT2D eigenvalue weighted by Gasteiger charge is -2.23. The molecule has 0 unspecified atom stereocenters. The van der Waals surface area contributed by atoms with Gasteiger partial charge in [0.05, 0.1) is 22.3 Å². The Kier molecular flexibility index (Phi) is 8.27. The first-order valence-electron chi connectivity index (χ1n) is 11.3. The van der Waals surface area contributed by atoms with E-state index in [-0.39, 0.29) is 11.1 Å². The summed E-state index contributed by atoms with van der Waals surface area (Å²) in [6.07, 6.45) is -1.22. The molecule has 0 aliphatic heterocycles. The number of hydrogen-bond donors (Lipinski definition) is 3. The average molecular weight is 540 g/mol. The van der Waals surface area contributed by atoms with Crippen LogP contribution in [0.25, 0.3) is 21.8 Å². The van der Waals surface area contributed by atoms with Crippen molar-refractivity contribution in [3.8, 4) is 0 Å². The van der Waals surface area contributed by atoms with Gasteiger partial charge in [-0.3, -0.25) is 0 Å². The highest BCUT2D eigenvalue weighted by atomic mass is 35.5. The van der Waals surface area contributed by atoms with E-state index in [0.717, 1.165) is 5.69 Å². The number of primary amides is 1. The number of alkyl halides is 2. The molecule has 0 saturated heterocycles. The number of fused-ring (bicyclic) bond motifs is 2. The molecule has 190 valence electrons. The van der Waals surface area contributed by atoms with Crippen LogP contribution in [-0.2, 0) is 4.74 Å². The van der Waals surface area contributed by atoms with Crippen molar-refractivity contribution in [1.29, 1.82) is 0 Å². The van der Waals surface area contributed by atoms with E-state index in [1.54, 1.807) is 36.4 Å². The third-order valence-corrected chi connectivity index (χ3v) is 5.90. The Bertz CT molecular complexity index is 1460. The largest absolute Gasteiger partial charge is 0.412 e. The van der Waals surface area contributed by atoms with E-state index < -0.39 is 18.1 Å². The number of carbonyl (C=O) groups excluding carboxylic acids is 3. The number of nitrogens with one attached hydrogen (secondary N) is 2. The van der Waals surface area contributed by atoms with Gasteiger partial charge < -0.3 is 26.0 Å². The summed E-state index contributed by atoms with van der Waals surface area (Å²) in [4.78, 5) is 43.2. The van der Waals surface area contributed by atoms with Crippen LogP contribution in [0.3, 0.4) is 0 Å². The lowest BCUT2D eigenvalue weighted by atomic mass is 10.0. The monoisotopic (exact) mass is 539 g/mol. The molecule has 0 radical (unpaired) electrons. The molecule has 0 spiro atoms. The van der Waals surface area contributed by atoms with Gasteiger partial charge in [-0.15, -0.1) is 23.2 Å². The molecule has 4 rings (SSSR count). The average Bonchev–Trinajstić information content (AvgIpc) is 2.88. The fourth-order valence-electron chi connectivity index (χ4n) is 3.97. The zero-order valence-electron chi connectivity index (χ0n) is 19.5. The van der Waals surface area contributed by atoms with Gasteiger partial charge in [-0.05, 0) is 36.4 Å². The minimum atomic E-state index is -1.22. The quantitative estimate of drug-likeness (QED) is 0.116. The van der Waals surface area contributed by atoms with Gasteiger partial charge in [-0.25, -0.2) is 19.4 Å². The van der Waals surface area contributed by atoms with Crippen LogP contribution in [0.4, 0.5) is 26.7 Å². The number of anilines is 3. The molecule has 0 saturated carbocycles. The molecular weight excluding hydrogens is 517 g/mol. The highest BCUT2D eigenvalue weighted by molar-refractivity contribution is 6.19. The van der Waals surface area contributed by atoms with Crippen molar-refractivity contribution in [2.24, 2.45) is 5.73 Å². The fraction of sp³-hybridized carbons (Fsp3) is 0.154. The van der Waals surface area contributed by atoms with Crippen molar-refractivity contribution in [3.05, 3.63) is 72.3 Å². The normalized spacial score (nSPS) is 10.8. The molecule has 1 heterocycles. The molecule has 0 aliphatic rings. The van der Waals surface area contributed by atoms with Gasteiger partial charge in [0.2, 0.25) is 0 Å². The molecule has 9 nitrogen and oxygen atoms in total. The second-order valence-electron chi connectivity index (χ2n) is 7.91. The molecular formula is C26H23Cl2N5O4. The zero-order chi connectivity index (χ0) is 26.4. The smallest absolute Gasteiger partial charge is 0.373 e. The van der Waals surface area contributed by atoms with E-state index in [9.17, 15) is 14.4 Å². The zero-order valence-corrected chi connectivity index (χ0v) is 21.1. The first-order chi connectivity index (χ1) is 17.9. The van der Waals surface area contributed by atoms with Gasteiger partial charge in [0.1, 0.15) is 0 Å². The van der Waals surface area contributed by atoms with Crippen molar-refractivity contribution in [2.45, 2.75) is 0 Å². The lowest BCUT2D eigenvalue weighted by Crippen LogP contribution is -2.27. The molecule has 0 atom stereocenters. The number of para-hydroxylation sites is 2. The van der Waals surface area contributed by atoms with Crippen molar-refractivity contribution in [1.82, 2.24) is 4.98 Å². The van der Waals surface area contributed by atoms with E-state index in [1.165, 1.54) is 6.07 Å². The molecule has 0 fully saturated rings. The van der Waals surface area contributed by atoms with Crippen LogP contribution in [-0.4, -0.2) is 47.9 Å². The van der Waals surface area contributed by atoms with E-state index in [4.69, 9.17) is 28.9 Å². The van der Waals surface area contributed by atoms with E-state index in [0.29, 0.717) is 52.5 Å². The Labute approximate surface area is 222 Å². The van der Waals surface area contributed by atoms with Crippen LogP contribution in [0.2, 0.25) is 0 Å². The van der Waals surface area contributed by atoms with Crippen molar-refractivity contribution >= 4 is 80.2 Å². The third-order valence-electron chi connectivity index (χ3n) is 5.56. The number of benzene rings is 3. The number of rotatable bonds is 8. The third kappa shape index (κ3) is 6.02. The lowest BCUT2D eigenvalue weighted by molar-refractivity contribution is 0.0640. The van der Waals surface area contributed by atoms with E-state index >= 15 is 0 Å². The van der Waals surface area contributed by atoms with Crippen LogP contribution in [0, 0.1) is 0 Å². The standard InChI is InChI=1S/C26H23Cl2N5O4/c27-12-14-33(15-13-28)17-10-8-16(9-11-17)30-26(36)32-22-18-4-1-2-7-21(18)31-23-19(22)5-3-6-20(23)24(34)37-25(29)35/h1-11H,12-15H2,(H2,29,35)(H2,30,31,32,36). The van der Waals surface area contributed by atoms with Gasteiger partial charge >= 0.3 is 18.1 Å². The Morgan fingerprint density at radius 3 is 2.22 bits per heavy atom. The summed E-state index contributed by atoms with van der Waals surface area (Å²) in [7, 11) is 0. The van der Waals surface area contributed by atoms with E-state index in [1.807, 2.05) is 24.3 Å². The Morgan fingerprint density at radius 2 is 1.54 bits per heavy atom. The molecule has 4 aromatic rings. The number of carbonyl (C=O) groups is 3. The Morgan fingerprint density at radius 1 is 0.865 bits per heavy atom. The molecule has 0 aliphatic carbocycles. The summed E-state index contributed by atoms with van der Waals surface area (Å²) in [6, 6.07) is 18.8. The van der Waals surface area contributed by atoms with E-state index in [2.05, 4.69) is 25.3 Å². The summed E-state index contributed by atoms with van der Waals surface area (Å²) in [6.45, 7) is 1.30. The summed E-state index contributed by atoms with van der Waals surface area (Å²) in [5.41, 5.74) is 7.80. The molecule has 1 aromatic heterocycles. The Balaban J connectivity index is 1.64. The second-order valence-corrected chi connectivity index (χ2v) is 8.66. The van der Waals surface area contributed by atoms with Crippen molar-refractivity contribution < 1.29 is 19.1 Å². The SMILES string of the molecule is NC(=O)OC(=O)c1cccc2c(NC(=O)Nc3ccc(N(CCCl)CCCl)cc3)c3ccccc3nc12. The van der Waals surface area contributed by atoms with Crippen molar-refractivity contribution in [3.63, 3.8) is 0 Å². The first-order valence-corrected chi connectivity index (χ1v) is 12.4. The summed E-state index contributed by atoms with van der Waals surface area (Å²) in [5, 5.41) is 6.85. The minimum absolute atomic E-state index is 0.0412.